The first-order chi connectivity index (χ1) is 8.66. The minimum absolute atomic E-state index is 0.178. The zero-order chi connectivity index (χ0) is 14.8. The van der Waals surface area contributed by atoms with Crippen molar-refractivity contribution >= 4 is 27.8 Å². The molecule has 0 aliphatic rings. The molecule has 0 unspecified atom stereocenters. The van der Waals surface area contributed by atoms with E-state index in [-0.39, 0.29) is 17.1 Å². The van der Waals surface area contributed by atoms with Crippen molar-refractivity contribution in [1.82, 2.24) is 4.98 Å². The number of nitrogens with zero attached hydrogens (tertiary/aromatic N) is 2. The maximum Gasteiger partial charge on any atom is 0.356 e. The Morgan fingerprint density at radius 1 is 1.37 bits per heavy atom. The first-order valence-corrected chi connectivity index (χ1v) is 6.79. The molecule has 9 heteroatoms. The lowest BCUT2D eigenvalue weighted by atomic mass is 10.2. The molecule has 0 atom stereocenters. The molecule has 0 amide bonds. The average Bonchev–Trinajstić information content (AvgIpc) is 2.35. The molecule has 1 aromatic rings. The van der Waals surface area contributed by atoms with Gasteiger partial charge in [-0.2, -0.15) is 0 Å². The van der Waals surface area contributed by atoms with E-state index < -0.39 is 22.0 Å². The molecule has 8 nitrogen and oxygen atoms in total. The third-order valence-corrected chi connectivity index (χ3v) is 3.46. The van der Waals surface area contributed by atoms with E-state index in [2.05, 4.69) is 9.72 Å². The fourth-order valence-electron chi connectivity index (χ4n) is 1.18. The Morgan fingerprint density at radius 3 is 2.37 bits per heavy atom. The molecule has 19 heavy (non-hydrogen) atoms. The molecule has 0 spiro atoms. The predicted octanol–water partition coefficient (Wildman–Crippen LogP) is -0.0378. The fraction of sp³-hybridized carbons (Fsp3) is 0.300. The van der Waals surface area contributed by atoms with Gasteiger partial charge in [-0.05, 0) is 12.1 Å². The highest BCUT2D eigenvalue weighted by atomic mass is 32.2. The second-order valence-corrected chi connectivity index (χ2v) is 5.64. The number of aromatic nitrogens is 1. The van der Waals surface area contributed by atoms with Crippen molar-refractivity contribution in [3.05, 3.63) is 23.4 Å². The van der Waals surface area contributed by atoms with Crippen molar-refractivity contribution in [3.8, 4) is 0 Å². The molecule has 1 heterocycles. The third kappa shape index (κ3) is 3.41. The first-order valence-electron chi connectivity index (χ1n) is 4.94. The molecule has 1 N–H and O–H groups in total. The van der Waals surface area contributed by atoms with Crippen molar-refractivity contribution in [2.45, 2.75) is 0 Å². The summed E-state index contributed by atoms with van der Waals surface area (Å²) in [5, 5.41) is 8.92. The largest absolute Gasteiger partial charge is 0.478 e. The summed E-state index contributed by atoms with van der Waals surface area (Å²) in [6.45, 7) is 0. The summed E-state index contributed by atoms with van der Waals surface area (Å²) in [5.41, 5.74) is -0.547. The Bertz CT molecular complexity index is 625. The number of rotatable bonds is 4. The first kappa shape index (κ1) is 14.9. The summed E-state index contributed by atoms with van der Waals surface area (Å²) in [5.74, 6) is -2.34. The summed E-state index contributed by atoms with van der Waals surface area (Å²) in [4.78, 5) is 26.1. The number of carbonyl (C=O) groups excluding carboxylic acids is 1. The van der Waals surface area contributed by atoms with Gasteiger partial charge in [0.2, 0.25) is 10.0 Å². The molecule has 0 radical (unpaired) electrons. The smallest absolute Gasteiger partial charge is 0.356 e. The van der Waals surface area contributed by atoms with Crippen LogP contribution < -0.4 is 4.31 Å². The second-order valence-electron chi connectivity index (χ2n) is 3.63. The second kappa shape index (κ2) is 5.22. The van der Waals surface area contributed by atoms with Crippen molar-refractivity contribution in [3.63, 3.8) is 0 Å². The van der Waals surface area contributed by atoms with Crippen molar-refractivity contribution < 1.29 is 27.9 Å². The number of carbonyl (C=O) groups is 2. The van der Waals surface area contributed by atoms with Crippen LogP contribution in [0.3, 0.4) is 0 Å². The maximum atomic E-state index is 11.4. The molecule has 104 valence electrons. The number of pyridine rings is 1. The Balaban J connectivity index is 3.44. The van der Waals surface area contributed by atoms with Crippen molar-refractivity contribution in [2.75, 3.05) is 24.7 Å². The zero-order valence-corrected chi connectivity index (χ0v) is 11.3. The standard InChI is InChI=1S/C10H12N2O6S/c1-12(19(3,16)17)8-5-6(9(13)14)4-7(11-8)10(15)18-2/h4-5H,1-3H3,(H,13,14). The normalized spacial score (nSPS) is 10.9. The molecule has 1 aromatic heterocycles. The van der Waals surface area contributed by atoms with Crippen LogP contribution in [0.5, 0.6) is 0 Å². The summed E-state index contributed by atoms with van der Waals surface area (Å²) < 4.78 is 28.0. The van der Waals surface area contributed by atoms with Crippen LogP contribution in [-0.2, 0) is 14.8 Å². The van der Waals surface area contributed by atoms with Gasteiger partial charge in [-0.1, -0.05) is 0 Å². The zero-order valence-electron chi connectivity index (χ0n) is 10.4. The Kier molecular flexibility index (Phi) is 4.10. The van der Waals surface area contributed by atoms with Crippen LogP contribution in [0.1, 0.15) is 20.8 Å². The van der Waals surface area contributed by atoms with Gasteiger partial charge in [0.05, 0.1) is 18.9 Å². The lowest BCUT2D eigenvalue weighted by Crippen LogP contribution is -2.26. The maximum absolute atomic E-state index is 11.4. The van der Waals surface area contributed by atoms with E-state index in [0.29, 0.717) is 0 Å². The van der Waals surface area contributed by atoms with Gasteiger partial charge in [0.15, 0.2) is 5.69 Å². The minimum Gasteiger partial charge on any atom is -0.478 e. The number of carboxylic acids is 1. The highest BCUT2D eigenvalue weighted by Crippen LogP contribution is 2.17. The quantitative estimate of drug-likeness (QED) is 0.773. The van der Waals surface area contributed by atoms with E-state index in [1.54, 1.807) is 0 Å². The summed E-state index contributed by atoms with van der Waals surface area (Å²) >= 11 is 0. The molecule has 0 saturated heterocycles. The van der Waals surface area contributed by atoms with E-state index in [0.717, 1.165) is 29.8 Å². The van der Waals surface area contributed by atoms with Gasteiger partial charge in [-0.3, -0.25) is 4.31 Å². The van der Waals surface area contributed by atoms with Gasteiger partial charge < -0.3 is 9.84 Å². The van der Waals surface area contributed by atoms with Crippen molar-refractivity contribution in [1.29, 1.82) is 0 Å². The predicted molar refractivity (Wildman–Crippen MR) is 65.8 cm³/mol. The van der Waals surface area contributed by atoms with Crippen LogP contribution in [0.15, 0.2) is 12.1 Å². The number of esters is 1. The Labute approximate surface area is 109 Å². The molecule has 0 saturated carbocycles. The Hall–Kier alpha value is -2.16. The van der Waals surface area contributed by atoms with Crippen LogP contribution in [0.2, 0.25) is 0 Å². The van der Waals surface area contributed by atoms with Crippen LogP contribution in [0, 0.1) is 0 Å². The average molecular weight is 288 g/mol. The van der Waals surface area contributed by atoms with Gasteiger partial charge in [0.25, 0.3) is 0 Å². The molecule has 0 bridgehead atoms. The fourth-order valence-corrected chi connectivity index (χ4v) is 1.61. The number of hydrogen-bond acceptors (Lipinski definition) is 6. The summed E-state index contributed by atoms with van der Waals surface area (Å²) in [6.07, 6.45) is 0.930. The number of ether oxygens (including phenoxy) is 1. The summed E-state index contributed by atoms with van der Waals surface area (Å²) in [6, 6.07) is 2.06. The number of aromatic carboxylic acids is 1. The minimum atomic E-state index is -3.62. The van der Waals surface area contributed by atoms with Crippen LogP contribution >= 0.6 is 0 Å². The molecule has 1 rings (SSSR count). The number of hydrogen-bond donors (Lipinski definition) is 1. The number of carboxylic acid groups (broad SMARTS) is 1. The number of sulfonamides is 1. The Morgan fingerprint density at radius 2 is 1.95 bits per heavy atom. The third-order valence-electron chi connectivity index (χ3n) is 2.27. The van der Waals surface area contributed by atoms with E-state index in [9.17, 15) is 18.0 Å². The highest BCUT2D eigenvalue weighted by Gasteiger charge is 2.19. The molecule has 0 aromatic carbocycles. The molecular formula is C10H12N2O6S. The van der Waals surface area contributed by atoms with Gasteiger partial charge in [0, 0.05) is 7.05 Å². The SMILES string of the molecule is COC(=O)c1cc(C(=O)O)cc(N(C)S(C)(=O)=O)n1. The molecule has 0 fully saturated rings. The van der Waals surface area contributed by atoms with Gasteiger partial charge in [-0.25, -0.2) is 23.0 Å². The van der Waals surface area contributed by atoms with Gasteiger partial charge >= 0.3 is 11.9 Å². The van der Waals surface area contributed by atoms with E-state index in [4.69, 9.17) is 5.11 Å². The van der Waals surface area contributed by atoms with Gasteiger partial charge in [0.1, 0.15) is 5.82 Å². The van der Waals surface area contributed by atoms with Crippen LogP contribution in [0.4, 0.5) is 5.82 Å². The topological polar surface area (TPSA) is 114 Å². The lowest BCUT2D eigenvalue weighted by molar-refractivity contribution is 0.0594. The summed E-state index contributed by atoms with van der Waals surface area (Å²) in [7, 11) is -1.31. The van der Waals surface area contributed by atoms with Crippen LogP contribution in [-0.4, -0.2) is 50.9 Å². The number of methoxy groups -OCH3 is 1. The molecule has 0 aliphatic carbocycles. The monoisotopic (exact) mass is 288 g/mol. The van der Waals surface area contributed by atoms with Gasteiger partial charge in [-0.15, -0.1) is 0 Å². The highest BCUT2D eigenvalue weighted by molar-refractivity contribution is 7.92. The molecule has 0 aliphatic heterocycles. The molecular weight excluding hydrogens is 276 g/mol. The van der Waals surface area contributed by atoms with Crippen LogP contribution in [0.25, 0.3) is 0 Å². The van der Waals surface area contributed by atoms with E-state index >= 15 is 0 Å². The van der Waals surface area contributed by atoms with E-state index in [1.807, 2.05) is 0 Å². The number of anilines is 1. The van der Waals surface area contributed by atoms with Crippen molar-refractivity contribution in [2.24, 2.45) is 0 Å². The lowest BCUT2D eigenvalue weighted by Gasteiger charge is -2.16. The van der Waals surface area contributed by atoms with E-state index in [1.165, 1.54) is 7.05 Å².